The first-order valence-electron chi connectivity index (χ1n) is 10.3. The van der Waals surface area contributed by atoms with Gasteiger partial charge < -0.3 is 4.74 Å². The second-order valence-electron chi connectivity index (χ2n) is 8.24. The summed E-state index contributed by atoms with van der Waals surface area (Å²) in [6.45, 7) is 0. The maximum Gasteiger partial charge on any atom is 0.128 e. The van der Waals surface area contributed by atoms with Crippen molar-refractivity contribution in [2.24, 2.45) is 0 Å². The topological polar surface area (TPSA) is 9.23 Å². The molecule has 2 heteroatoms. The molecule has 30 heavy (non-hydrogen) atoms. The van der Waals surface area contributed by atoms with E-state index in [1.807, 2.05) is 6.07 Å². The normalized spacial score (nSPS) is 19.8. The van der Waals surface area contributed by atoms with E-state index in [9.17, 15) is 0 Å². The molecule has 2 atom stereocenters. The molecule has 0 radical (unpaired) electrons. The van der Waals surface area contributed by atoms with Gasteiger partial charge in [-0.25, -0.2) is 0 Å². The SMILES string of the molecule is Brc1ccc2c(c1)C1C=C(c3ccc4ccc5cccc6ccc3c4c56)C=CC1O2. The number of halogens is 1. The summed E-state index contributed by atoms with van der Waals surface area (Å²) in [7, 11) is 0. The van der Waals surface area contributed by atoms with Crippen molar-refractivity contribution >= 4 is 53.8 Å². The first-order chi connectivity index (χ1) is 14.8. The summed E-state index contributed by atoms with van der Waals surface area (Å²) < 4.78 is 7.27. The van der Waals surface area contributed by atoms with Crippen LogP contribution in [0.4, 0.5) is 0 Å². The zero-order chi connectivity index (χ0) is 19.8. The maximum absolute atomic E-state index is 6.18. The van der Waals surface area contributed by atoms with E-state index in [1.165, 1.54) is 49.0 Å². The highest BCUT2D eigenvalue weighted by atomic mass is 79.9. The fraction of sp³-hybridized carbons (Fsp3) is 0.0714. The minimum absolute atomic E-state index is 0.0813. The van der Waals surface area contributed by atoms with Crippen LogP contribution in [-0.2, 0) is 0 Å². The first-order valence-corrected chi connectivity index (χ1v) is 11.1. The van der Waals surface area contributed by atoms with Gasteiger partial charge in [-0.3, -0.25) is 0 Å². The van der Waals surface area contributed by atoms with Crippen LogP contribution in [0.15, 0.2) is 95.5 Å². The molecule has 2 unspecified atom stereocenters. The molecule has 0 bridgehead atoms. The smallest absolute Gasteiger partial charge is 0.128 e. The van der Waals surface area contributed by atoms with Crippen LogP contribution in [0.2, 0.25) is 0 Å². The summed E-state index contributed by atoms with van der Waals surface area (Å²) in [5, 5.41) is 7.96. The molecule has 0 spiro atoms. The van der Waals surface area contributed by atoms with Crippen molar-refractivity contribution in [2.45, 2.75) is 12.0 Å². The number of ether oxygens (including phenoxy) is 1. The minimum atomic E-state index is 0.0813. The van der Waals surface area contributed by atoms with Crippen molar-refractivity contribution in [3.63, 3.8) is 0 Å². The van der Waals surface area contributed by atoms with Crippen LogP contribution in [0.3, 0.4) is 0 Å². The van der Waals surface area contributed by atoms with Gasteiger partial charge in [-0.1, -0.05) is 82.7 Å². The number of allylic oxidation sites excluding steroid dienone is 2. The van der Waals surface area contributed by atoms with Crippen LogP contribution in [-0.4, -0.2) is 6.10 Å². The van der Waals surface area contributed by atoms with Crippen LogP contribution in [0.5, 0.6) is 5.75 Å². The predicted molar refractivity (Wildman–Crippen MR) is 129 cm³/mol. The Kier molecular flexibility index (Phi) is 3.31. The van der Waals surface area contributed by atoms with Gasteiger partial charge in [0.2, 0.25) is 0 Å². The summed E-state index contributed by atoms with van der Waals surface area (Å²) in [5.41, 5.74) is 3.82. The third-order valence-corrected chi connectivity index (χ3v) is 7.11. The van der Waals surface area contributed by atoms with Crippen LogP contribution >= 0.6 is 15.9 Å². The number of hydrogen-bond donors (Lipinski definition) is 0. The zero-order valence-corrected chi connectivity index (χ0v) is 17.7. The lowest BCUT2D eigenvalue weighted by Gasteiger charge is -2.20. The van der Waals surface area contributed by atoms with E-state index in [4.69, 9.17) is 4.74 Å². The van der Waals surface area contributed by atoms with Gasteiger partial charge in [0.05, 0.1) is 0 Å². The fourth-order valence-corrected chi connectivity index (χ4v) is 5.62. The predicted octanol–water partition coefficient (Wildman–Crippen LogP) is 7.84. The standard InChI is InChI=1S/C28H17BrO/c29-20-9-13-26-24(15-20)23-14-19(8-12-25(23)30-26)21-10-6-18-5-4-16-2-1-3-17-7-11-22(21)28(18)27(16)17/h1-15,23,25H. The molecule has 0 fully saturated rings. The molecule has 1 aliphatic heterocycles. The average molecular weight is 449 g/mol. The number of fused-ring (bicyclic) bond motifs is 3. The van der Waals surface area contributed by atoms with Crippen molar-refractivity contribution in [1.82, 2.24) is 0 Å². The van der Waals surface area contributed by atoms with Crippen LogP contribution in [0, 0.1) is 0 Å². The maximum atomic E-state index is 6.18. The highest BCUT2D eigenvalue weighted by molar-refractivity contribution is 9.10. The van der Waals surface area contributed by atoms with E-state index in [0.29, 0.717) is 0 Å². The zero-order valence-electron chi connectivity index (χ0n) is 16.1. The van der Waals surface area contributed by atoms with Crippen molar-refractivity contribution in [3.05, 3.63) is 107 Å². The Labute approximate surface area is 182 Å². The summed E-state index contributed by atoms with van der Waals surface area (Å²) in [6.07, 6.45) is 6.91. The summed E-state index contributed by atoms with van der Waals surface area (Å²) in [4.78, 5) is 0. The average Bonchev–Trinajstić information content (AvgIpc) is 3.14. The van der Waals surface area contributed by atoms with Crippen LogP contribution < -0.4 is 4.74 Å². The Morgan fingerprint density at radius 1 is 0.767 bits per heavy atom. The molecular weight excluding hydrogens is 432 g/mol. The van der Waals surface area contributed by atoms with Crippen molar-refractivity contribution < 1.29 is 4.74 Å². The Balaban J connectivity index is 1.47. The van der Waals surface area contributed by atoms with E-state index >= 15 is 0 Å². The van der Waals surface area contributed by atoms with Crippen molar-refractivity contribution in [2.75, 3.05) is 0 Å². The molecule has 5 aromatic carbocycles. The lowest BCUT2D eigenvalue weighted by Crippen LogP contribution is -2.17. The molecule has 1 heterocycles. The molecule has 1 nitrogen and oxygen atoms in total. The number of rotatable bonds is 1. The van der Waals surface area contributed by atoms with E-state index < -0.39 is 0 Å². The van der Waals surface area contributed by atoms with Gasteiger partial charge >= 0.3 is 0 Å². The molecule has 142 valence electrons. The van der Waals surface area contributed by atoms with E-state index in [1.54, 1.807) is 0 Å². The highest BCUT2D eigenvalue weighted by Gasteiger charge is 2.33. The van der Waals surface area contributed by atoms with Gasteiger partial charge in [0.1, 0.15) is 11.9 Å². The van der Waals surface area contributed by atoms with E-state index in [-0.39, 0.29) is 12.0 Å². The minimum Gasteiger partial charge on any atom is -0.485 e. The third kappa shape index (κ3) is 2.23. The fourth-order valence-electron chi connectivity index (χ4n) is 5.24. The van der Waals surface area contributed by atoms with Gasteiger partial charge in [-0.05, 0) is 67.7 Å². The number of hydrogen-bond acceptors (Lipinski definition) is 1. The van der Waals surface area contributed by atoms with Crippen molar-refractivity contribution in [1.29, 1.82) is 0 Å². The van der Waals surface area contributed by atoms with Crippen LogP contribution in [0.1, 0.15) is 17.0 Å². The Morgan fingerprint density at radius 2 is 1.53 bits per heavy atom. The second-order valence-corrected chi connectivity index (χ2v) is 9.16. The number of benzene rings is 5. The Morgan fingerprint density at radius 3 is 2.40 bits per heavy atom. The second kappa shape index (κ2) is 5.96. The molecule has 5 aromatic rings. The van der Waals surface area contributed by atoms with Gasteiger partial charge in [0.15, 0.2) is 0 Å². The van der Waals surface area contributed by atoms with Gasteiger partial charge in [0.25, 0.3) is 0 Å². The molecule has 0 amide bonds. The molecule has 1 aliphatic carbocycles. The Bertz CT molecular complexity index is 1530. The molecule has 0 saturated heterocycles. The summed E-state index contributed by atoms with van der Waals surface area (Å²) in [5.74, 6) is 1.24. The highest BCUT2D eigenvalue weighted by Crippen LogP contribution is 2.46. The summed E-state index contributed by atoms with van der Waals surface area (Å²) >= 11 is 3.62. The molecule has 0 saturated carbocycles. The van der Waals surface area contributed by atoms with Gasteiger partial charge in [-0.2, -0.15) is 0 Å². The molecule has 2 aliphatic rings. The van der Waals surface area contributed by atoms with Crippen LogP contribution in [0.25, 0.3) is 37.9 Å². The molecule has 0 aromatic heterocycles. The summed E-state index contributed by atoms with van der Waals surface area (Å²) in [6, 6.07) is 26.4. The first kappa shape index (κ1) is 16.7. The van der Waals surface area contributed by atoms with Gasteiger partial charge in [0, 0.05) is 16.0 Å². The quantitative estimate of drug-likeness (QED) is 0.237. The molecule has 0 N–H and O–H groups in total. The molecular formula is C28H17BrO. The molecule has 7 rings (SSSR count). The Hall–Kier alpha value is -3.10. The van der Waals surface area contributed by atoms with E-state index in [2.05, 4.69) is 101 Å². The monoisotopic (exact) mass is 448 g/mol. The lowest BCUT2D eigenvalue weighted by molar-refractivity contribution is 0.269. The third-order valence-electron chi connectivity index (χ3n) is 6.61. The van der Waals surface area contributed by atoms with E-state index in [0.717, 1.165) is 10.2 Å². The lowest BCUT2D eigenvalue weighted by atomic mass is 9.84. The van der Waals surface area contributed by atoms with Crippen molar-refractivity contribution in [3.8, 4) is 5.75 Å². The largest absolute Gasteiger partial charge is 0.485 e. The van der Waals surface area contributed by atoms with Gasteiger partial charge in [-0.15, -0.1) is 0 Å².